The first-order valence-electron chi connectivity index (χ1n) is 9.00. The second-order valence-corrected chi connectivity index (χ2v) is 6.67. The number of halogens is 4. The minimum Gasteiger partial charge on any atom is -0.415 e. The summed E-state index contributed by atoms with van der Waals surface area (Å²) in [7, 11) is 0. The van der Waals surface area contributed by atoms with Crippen molar-refractivity contribution in [2.24, 2.45) is 5.92 Å². The van der Waals surface area contributed by atoms with Gasteiger partial charge in [0.15, 0.2) is 0 Å². The van der Waals surface area contributed by atoms with Crippen molar-refractivity contribution in [3.05, 3.63) is 65.8 Å². The van der Waals surface area contributed by atoms with Crippen LogP contribution in [0.1, 0.15) is 17.9 Å². The van der Waals surface area contributed by atoms with E-state index in [4.69, 9.17) is 4.42 Å². The summed E-state index contributed by atoms with van der Waals surface area (Å²) >= 11 is 0. The number of hydrogen-bond acceptors (Lipinski definition) is 5. The topological polar surface area (TPSA) is 71.3 Å². The number of aromatic nitrogens is 2. The summed E-state index contributed by atoms with van der Waals surface area (Å²) in [5.41, 5.74) is 1.14. The van der Waals surface area contributed by atoms with Gasteiger partial charge in [0.1, 0.15) is 5.82 Å². The molecule has 2 heterocycles. The Morgan fingerprint density at radius 2 is 1.90 bits per heavy atom. The van der Waals surface area contributed by atoms with Gasteiger partial charge >= 0.3 is 6.43 Å². The fourth-order valence-electron chi connectivity index (χ4n) is 3.01. The summed E-state index contributed by atoms with van der Waals surface area (Å²) in [4.78, 5) is 14.4. The zero-order valence-corrected chi connectivity index (χ0v) is 16.4. The molecule has 1 aliphatic heterocycles. The molecule has 1 aliphatic rings. The third-order valence-electron chi connectivity index (χ3n) is 4.72. The van der Waals surface area contributed by atoms with Crippen LogP contribution in [0.5, 0.6) is 0 Å². The normalized spacial score (nSPS) is 13.6. The second kappa shape index (κ2) is 9.27. The van der Waals surface area contributed by atoms with Crippen LogP contribution in [0.4, 0.5) is 18.9 Å². The van der Waals surface area contributed by atoms with Gasteiger partial charge in [-0.1, -0.05) is 24.3 Å². The van der Waals surface area contributed by atoms with Crippen LogP contribution in [0, 0.1) is 11.7 Å². The first-order chi connectivity index (χ1) is 14.0. The van der Waals surface area contributed by atoms with E-state index in [1.54, 1.807) is 17.0 Å². The molecular weight excluding hydrogens is 421 g/mol. The van der Waals surface area contributed by atoms with Crippen LogP contribution in [0.25, 0.3) is 11.5 Å². The summed E-state index contributed by atoms with van der Waals surface area (Å²) in [6.07, 6.45) is -2.90. The highest BCUT2D eigenvalue weighted by atomic mass is 35.5. The Labute approximate surface area is 176 Å². The van der Waals surface area contributed by atoms with Crippen molar-refractivity contribution in [3.8, 4) is 11.5 Å². The van der Waals surface area contributed by atoms with Gasteiger partial charge in [-0.2, -0.15) is 8.78 Å². The summed E-state index contributed by atoms with van der Waals surface area (Å²) in [6.45, 7) is 1.22. The van der Waals surface area contributed by atoms with Crippen LogP contribution in [0.15, 0.2) is 52.9 Å². The number of hydrogen-bond donors (Lipinski definition) is 1. The molecule has 158 valence electrons. The van der Waals surface area contributed by atoms with Gasteiger partial charge in [0.25, 0.3) is 5.89 Å². The summed E-state index contributed by atoms with van der Waals surface area (Å²) in [5, 5.41) is 9.83. The smallest absolute Gasteiger partial charge is 0.314 e. The van der Waals surface area contributed by atoms with Crippen LogP contribution in [0.2, 0.25) is 0 Å². The molecule has 1 aromatic heterocycles. The molecular formula is C20H18ClF3N4O2. The Hall–Kier alpha value is -2.91. The lowest BCUT2D eigenvalue weighted by Gasteiger charge is -2.32. The number of anilines is 1. The quantitative estimate of drug-likeness (QED) is 0.630. The van der Waals surface area contributed by atoms with Gasteiger partial charge in [-0.05, 0) is 24.3 Å². The monoisotopic (exact) mass is 438 g/mol. The van der Waals surface area contributed by atoms with Crippen LogP contribution >= 0.6 is 12.4 Å². The van der Waals surface area contributed by atoms with Gasteiger partial charge in [-0.3, -0.25) is 4.79 Å². The number of para-hydroxylation sites is 1. The van der Waals surface area contributed by atoms with E-state index in [1.807, 2.05) is 18.2 Å². The highest BCUT2D eigenvalue weighted by Crippen LogP contribution is 2.27. The highest BCUT2D eigenvalue weighted by molar-refractivity contribution is 5.95. The van der Waals surface area contributed by atoms with Gasteiger partial charge < -0.3 is 14.6 Å². The standard InChI is InChI=1S/C20H17F3N4O2.ClH/c21-16-8-12(18-25-26-19(29-18)17(22)23)6-7-13(16)11-27(15-4-2-1-3-5-15)20(28)14-9-24-10-14;/h1-8,14,17,24H,9-11H2;1H. The Morgan fingerprint density at radius 3 is 2.47 bits per heavy atom. The maximum absolute atomic E-state index is 14.7. The third-order valence-corrected chi connectivity index (χ3v) is 4.72. The molecule has 30 heavy (non-hydrogen) atoms. The Kier molecular flexibility index (Phi) is 6.73. The van der Waals surface area contributed by atoms with Crippen LogP contribution in [0.3, 0.4) is 0 Å². The van der Waals surface area contributed by atoms with Crippen molar-refractivity contribution >= 4 is 24.0 Å². The number of nitrogens with zero attached hydrogens (tertiary/aromatic N) is 3. The van der Waals surface area contributed by atoms with E-state index >= 15 is 0 Å². The number of carbonyl (C=O) groups is 1. The molecule has 6 nitrogen and oxygen atoms in total. The van der Waals surface area contributed by atoms with Crippen LogP contribution in [-0.4, -0.2) is 29.2 Å². The molecule has 1 N–H and O–H groups in total. The fraction of sp³-hybridized carbons (Fsp3) is 0.250. The van der Waals surface area contributed by atoms with Gasteiger partial charge in [0.05, 0.1) is 12.5 Å². The molecule has 1 amide bonds. The molecule has 10 heteroatoms. The minimum absolute atomic E-state index is 0. The third kappa shape index (κ3) is 4.47. The lowest BCUT2D eigenvalue weighted by Crippen LogP contribution is -2.52. The number of amides is 1. The van der Waals surface area contributed by atoms with Crippen LogP contribution in [-0.2, 0) is 11.3 Å². The lowest BCUT2D eigenvalue weighted by atomic mass is 10.0. The van der Waals surface area contributed by atoms with E-state index in [1.165, 1.54) is 12.1 Å². The van der Waals surface area contributed by atoms with Crippen molar-refractivity contribution in [1.29, 1.82) is 0 Å². The molecule has 0 aliphatic carbocycles. The van der Waals surface area contributed by atoms with E-state index < -0.39 is 18.1 Å². The predicted octanol–water partition coefficient (Wildman–Crippen LogP) is 3.99. The molecule has 2 aromatic carbocycles. The molecule has 3 aromatic rings. The van der Waals surface area contributed by atoms with Gasteiger partial charge in [-0.25, -0.2) is 4.39 Å². The number of nitrogens with one attached hydrogen (secondary N) is 1. The van der Waals surface area contributed by atoms with E-state index in [0.717, 1.165) is 6.07 Å². The zero-order chi connectivity index (χ0) is 20.4. The highest BCUT2D eigenvalue weighted by Gasteiger charge is 2.30. The molecule has 0 unspecified atom stereocenters. The lowest BCUT2D eigenvalue weighted by molar-refractivity contribution is -0.123. The Balaban J connectivity index is 0.00000256. The summed E-state index contributed by atoms with van der Waals surface area (Å²) < 4.78 is 44.8. The van der Waals surface area contributed by atoms with Gasteiger partial charge in [0, 0.05) is 29.9 Å². The first-order valence-corrected chi connectivity index (χ1v) is 9.00. The van der Waals surface area contributed by atoms with Gasteiger partial charge in [0.2, 0.25) is 11.8 Å². The summed E-state index contributed by atoms with van der Waals surface area (Å²) in [6, 6.07) is 13.2. The minimum atomic E-state index is -2.90. The number of rotatable bonds is 6. The molecule has 0 bridgehead atoms. The molecule has 4 rings (SSSR count). The van der Waals surface area contributed by atoms with Crippen molar-refractivity contribution in [3.63, 3.8) is 0 Å². The maximum atomic E-state index is 14.7. The fourth-order valence-corrected chi connectivity index (χ4v) is 3.01. The number of alkyl halides is 2. The summed E-state index contributed by atoms with van der Waals surface area (Å²) in [5.74, 6) is -1.85. The SMILES string of the molecule is Cl.O=C(C1CNC1)N(Cc1ccc(-c2nnc(C(F)F)o2)cc1F)c1ccccc1. The van der Waals surface area contributed by atoms with Crippen molar-refractivity contribution in [2.45, 2.75) is 13.0 Å². The first kappa shape index (κ1) is 21.8. The number of benzene rings is 2. The molecule has 0 radical (unpaired) electrons. The van der Waals surface area contributed by atoms with E-state index in [2.05, 4.69) is 15.5 Å². The van der Waals surface area contributed by atoms with Crippen molar-refractivity contribution in [2.75, 3.05) is 18.0 Å². The Morgan fingerprint density at radius 1 is 1.17 bits per heavy atom. The molecule has 0 atom stereocenters. The predicted molar refractivity (Wildman–Crippen MR) is 106 cm³/mol. The molecule has 0 spiro atoms. The molecule has 1 saturated heterocycles. The molecule has 1 fully saturated rings. The largest absolute Gasteiger partial charge is 0.415 e. The van der Waals surface area contributed by atoms with Crippen LogP contribution < -0.4 is 10.2 Å². The average molecular weight is 439 g/mol. The maximum Gasteiger partial charge on any atom is 0.314 e. The van der Waals surface area contributed by atoms with Crippen molar-refractivity contribution in [1.82, 2.24) is 15.5 Å². The van der Waals surface area contributed by atoms with E-state index in [0.29, 0.717) is 18.8 Å². The van der Waals surface area contributed by atoms with Gasteiger partial charge in [-0.15, -0.1) is 22.6 Å². The van der Waals surface area contributed by atoms with Crippen molar-refractivity contribution < 1.29 is 22.4 Å². The Bertz CT molecular complexity index is 1010. The van der Waals surface area contributed by atoms with E-state index in [9.17, 15) is 18.0 Å². The van der Waals surface area contributed by atoms with E-state index in [-0.39, 0.29) is 47.8 Å². The zero-order valence-electron chi connectivity index (χ0n) is 15.6. The average Bonchev–Trinajstić information content (AvgIpc) is 3.17. The second-order valence-electron chi connectivity index (χ2n) is 6.67. The molecule has 0 saturated carbocycles. The number of carbonyl (C=O) groups excluding carboxylic acids is 1.